The first-order valence-electron chi connectivity index (χ1n) is 6.99. The van der Waals surface area contributed by atoms with Crippen LogP contribution in [0.5, 0.6) is 0 Å². The number of hydrogen-bond donors (Lipinski definition) is 1. The van der Waals surface area contributed by atoms with Crippen molar-refractivity contribution >= 4 is 31.4 Å². The third kappa shape index (κ3) is 4.03. The molecule has 1 aliphatic rings. The average Bonchev–Trinajstić information content (AvgIpc) is 2.69. The van der Waals surface area contributed by atoms with E-state index in [0.717, 1.165) is 11.6 Å². The molecule has 1 N–H and O–H groups in total. The van der Waals surface area contributed by atoms with Crippen LogP contribution < -0.4 is 4.90 Å². The molecule has 0 spiro atoms. The van der Waals surface area contributed by atoms with Crippen molar-refractivity contribution in [1.82, 2.24) is 4.98 Å². The number of ether oxygens (including phenoxy) is 1. The summed E-state index contributed by atoms with van der Waals surface area (Å²) in [6, 6.07) is 2.65. The molecule has 0 saturated carbocycles. The molecule has 0 saturated heterocycles. The molecule has 2 rings (SSSR count). The van der Waals surface area contributed by atoms with Crippen LogP contribution in [0.15, 0.2) is 6.07 Å². The van der Waals surface area contributed by atoms with E-state index >= 15 is 0 Å². The predicted molar refractivity (Wildman–Crippen MR) is 85.3 cm³/mol. The van der Waals surface area contributed by atoms with E-state index in [4.69, 9.17) is 16.3 Å². The Balaban J connectivity index is 2.06. The normalized spacial score (nSPS) is 14.7. The van der Waals surface area contributed by atoms with Crippen LogP contribution in [-0.4, -0.2) is 37.4 Å². The number of rotatable bonds is 6. The zero-order valence-corrected chi connectivity index (χ0v) is 14.4. The van der Waals surface area contributed by atoms with E-state index in [1.54, 1.807) is 6.07 Å². The SMILES string of the molecule is C[Si](C)(C)CCOCN1C(=O)Cc2c(CO)cc(Cl)nc21. The van der Waals surface area contributed by atoms with Crippen LogP contribution in [-0.2, 0) is 22.6 Å². The summed E-state index contributed by atoms with van der Waals surface area (Å²) in [5.41, 5.74) is 1.41. The van der Waals surface area contributed by atoms with Crippen molar-refractivity contribution in [2.75, 3.05) is 18.2 Å². The molecule has 21 heavy (non-hydrogen) atoms. The fraction of sp³-hybridized carbons (Fsp3) is 0.571. The van der Waals surface area contributed by atoms with Gasteiger partial charge in [0.25, 0.3) is 0 Å². The van der Waals surface area contributed by atoms with Gasteiger partial charge in [0.15, 0.2) is 0 Å². The van der Waals surface area contributed by atoms with E-state index in [-0.39, 0.29) is 30.8 Å². The quantitative estimate of drug-likeness (QED) is 0.495. The molecule has 2 heterocycles. The Morgan fingerprint density at radius 1 is 1.48 bits per heavy atom. The number of fused-ring (bicyclic) bond motifs is 1. The Hall–Kier alpha value is -0.953. The van der Waals surface area contributed by atoms with Crippen molar-refractivity contribution in [2.45, 2.75) is 38.7 Å². The van der Waals surface area contributed by atoms with E-state index < -0.39 is 8.07 Å². The maximum atomic E-state index is 12.1. The van der Waals surface area contributed by atoms with Crippen LogP contribution in [0, 0.1) is 0 Å². The molecule has 0 bridgehead atoms. The number of anilines is 1. The Labute approximate surface area is 130 Å². The largest absolute Gasteiger partial charge is 0.392 e. The van der Waals surface area contributed by atoms with Crippen molar-refractivity contribution in [3.63, 3.8) is 0 Å². The minimum absolute atomic E-state index is 0.0672. The summed E-state index contributed by atoms with van der Waals surface area (Å²) >= 11 is 5.95. The number of amides is 1. The maximum Gasteiger partial charge on any atom is 0.234 e. The van der Waals surface area contributed by atoms with E-state index in [0.29, 0.717) is 18.0 Å². The van der Waals surface area contributed by atoms with Gasteiger partial charge in [-0.05, 0) is 17.7 Å². The first kappa shape index (κ1) is 16.4. The van der Waals surface area contributed by atoms with Gasteiger partial charge in [-0.25, -0.2) is 4.98 Å². The number of aromatic nitrogens is 1. The minimum atomic E-state index is -1.14. The Kier molecular flexibility index (Phi) is 5.03. The lowest BCUT2D eigenvalue weighted by atomic mass is 10.1. The molecule has 5 nitrogen and oxygen atoms in total. The second-order valence-corrected chi connectivity index (χ2v) is 12.4. The Morgan fingerprint density at radius 3 is 2.81 bits per heavy atom. The minimum Gasteiger partial charge on any atom is -0.392 e. The number of aliphatic hydroxyl groups is 1. The standard InChI is InChI=1S/C14H21ClN2O3Si/c1-21(2,3)5-4-20-9-17-13(19)7-11-10(8-18)6-12(15)16-14(11)17/h6,18H,4-5,7-9H2,1-3H3. The van der Waals surface area contributed by atoms with Crippen LogP contribution in [0.2, 0.25) is 30.8 Å². The maximum absolute atomic E-state index is 12.1. The lowest BCUT2D eigenvalue weighted by Gasteiger charge is -2.19. The summed E-state index contributed by atoms with van der Waals surface area (Å²) in [5, 5.41) is 9.64. The molecule has 0 fully saturated rings. The lowest BCUT2D eigenvalue weighted by Crippen LogP contribution is -2.31. The number of nitrogens with zero attached hydrogens (tertiary/aromatic N) is 2. The van der Waals surface area contributed by atoms with E-state index in [1.165, 1.54) is 4.90 Å². The van der Waals surface area contributed by atoms with E-state index in [2.05, 4.69) is 24.6 Å². The molecular formula is C14H21ClN2O3Si. The van der Waals surface area contributed by atoms with Gasteiger partial charge in [0, 0.05) is 20.2 Å². The monoisotopic (exact) mass is 328 g/mol. The third-order valence-electron chi connectivity index (χ3n) is 3.44. The van der Waals surface area contributed by atoms with Crippen LogP contribution in [0.1, 0.15) is 11.1 Å². The number of aliphatic hydroxyl groups excluding tert-OH is 1. The highest BCUT2D eigenvalue weighted by Gasteiger charge is 2.31. The summed E-state index contributed by atoms with van der Waals surface area (Å²) < 4.78 is 5.63. The van der Waals surface area contributed by atoms with Crippen molar-refractivity contribution < 1.29 is 14.6 Å². The molecule has 0 aliphatic carbocycles. The predicted octanol–water partition coefficient (Wildman–Crippen LogP) is 2.43. The molecule has 116 valence electrons. The van der Waals surface area contributed by atoms with Crippen LogP contribution in [0.25, 0.3) is 0 Å². The van der Waals surface area contributed by atoms with Gasteiger partial charge in [0.2, 0.25) is 5.91 Å². The molecule has 0 atom stereocenters. The summed E-state index contributed by atoms with van der Waals surface area (Å²) in [6.45, 7) is 7.52. The lowest BCUT2D eigenvalue weighted by molar-refractivity contribution is -0.118. The summed E-state index contributed by atoms with van der Waals surface area (Å²) in [4.78, 5) is 17.8. The molecule has 0 unspecified atom stereocenters. The molecular weight excluding hydrogens is 308 g/mol. The van der Waals surface area contributed by atoms with Gasteiger partial charge in [0.1, 0.15) is 17.7 Å². The van der Waals surface area contributed by atoms with E-state index in [9.17, 15) is 9.90 Å². The number of hydrogen-bond acceptors (Lipinski definition) is 4. The summed E-state index contributed by atoms with van der Waals surface area (Å²) in [7, 11) is -1.14. The highest BCUT2D eigenvalue weighted by Crippen LogP contribution is 2.31. The van der Waals surface area contributed by atoms with Crippen LogP contribution in [0.4, 0.5) is 5.82 Å². The van der Waals surface area contributed by atoms with Crippen molar-refractivity contribution in [3.05, 3.63) is 22.3 Å². The topological polar surface area (TPSA) is 62.7 Å². The van der Waals surface area contributed by atoms with Crippen molar-refractivity contribution in [3.8, 4) is 0 Å². The summed E-state index contributed by atoms with van der Waals surface area (Å²) in [6.07, 6.45) is 0.243. The first-order valence-corrected chi connectivity index (χ1v) is 11.1. The fourth-order valence-electron chi connectivity index (χ4n) is 2.16. The third-order valence-corrected chi connectivity index (χ3v) is 5.33. The number of pyridine rings is 1. The Bertz CT molecular complexity index is 546. The molecule has 0 aromatic carbocycles. The van der Waals surface area contributed by atoms with Gasteiger partial charge in [-0.2, -0.15) is 0 Å². The molecule has 1 aromatic rings. The fourth-order valence-corrected chi connectivity index (χ4v) is 3.13. The average molecular weight is 329 g/mol. The second-order valence-electron chi connectivity index (χ2n) is 6.41. The van der Waals surface area contributed by atoms with E-state index in [1.807, 2.05) is 0 Å². The molecule has 1 aliphatic heterocycles. The van der Waals surface area contributed by atoms with Crippen LogP contribution >= 0.6 is 11.6 Å². The highest BCUT2D eigenvalue weighted by atomic mass is 35.5. The van der Waals surface area contributed by atoms with Gasteiger partial charge >= 0.3 is 0 Å². The molecule has 1 aromatic heterocycles. The zero-order valence-electron chi connectivity index (χ0n) is 12.6. The van der Waals surface area contributed by atoms with Crippen molar-refractivity contribution in [2.24, 2.45) is 0 Å². The Morgan fingerprint density at radius 2 is 2.19 bits per heavy atom. The number of carbonyl (C=O) groups is 1. The van der Waals surface area contributed by atoms with Gasteiger partial charge < -0.3 is 9.84 Å². The molecule has 7 heteroatoms. The number of carbonyl (C=O) groups excluding carboxylic acids is 1. The van der Waals surface area contributed by atoms with Gasteiger partial charge in [0.05, 0.1) is 13.0 Å². The summed E-state index contributed by atoms with van der Waals surface area (Å²) in [5.74, 6) is 0.451. The first-order chi connectivity index (χ1) is 9.81. The molecule has 1 amide bonds. The smallest absolute Gasteiger partial charge is 0.234 e. The van der Waals surface area contributed by atoms with Crippen molar-refractivity contribution in [1.29, 1.82) is 0 Å². The number of halogens is 1. The zero-order chi connectivity index (χ0) is 15.6. The van der Waals surface area contributed by atoms with Gasteiger partial charge in [-0.1, -0.05) is 31.2 Å². The van der Waals surface area contributed by atoms with Gasteiger partial charge in [-0.15, -0.1) is 0 Å². The second kappa shape index (κ2) is 6.44. The highest BCUT2D eigenvalue weighted by molar-refractivity contribution is 6.76. The van der Waals surface area contributed by atoms with Gasteiger partial charge in [-0.3, -0.25) is 9.69 Å². The molecule has 0 radical (unpaired) electrons. The van der Waals surface area contributed by atoms with Crippen LogP contribution in [0.3, 0.4) is 0 Å².